The predicted molar refractivity (Wildman–Crippen MR) is 96.1 cm³/mol. The minimum Gasteiger partial charge on any atom is -0.480 e. The van der Waals surface area contributed by atoms with E-state index in [2.05, 4.69) is 4.52 Å². The monoisotopic (exact) mass is 455 g/mol. The van der Waals surface area contributed by atoms with Crippen molar-refractivity contribution in [1.29, 1.82) is 0 Å². The molecular formula is C8H35N5O12P2+4. The quantitative estimate of drug-likeness (QED) is 0.153. The number of phosphoric ester groups is 1. The number of hydrogen-bond donors (Lipinski definition) is 12. The van der Waals surface area contributed by atoms with E-state index in [1.165, 1.54) is 0 Å². The molecule has 0 aromatic carbocycles. The highest BCUT2D eigenvalue weighted by Gasteiger charge is 2.31. The second kappa shape index (κ2) is 15.3. The van der Waals surface area contributed by atoms with E-state index in [1.54, 1.807) is 0 Å². The topological polar surface area (TPSA) is 372 Å². The molecule has 0 rings (SSSR count). The van der Waals surface area contributed by atoms with Crippen molar-refractivity contribution < 1.29 is 58.4 Å². The number of rotatable bonds is 11. The Labute approximate surface area is 154 Å². The third kappa shape index (κ3) is 20.0. The number of nitrogens with zero attached hydrogens (tertiary/aromatic N) is 1. The molecule has 0 radical (unpaired) electrons. The molecule has 0 aliphatic heterocycles. The third-order valence-corrected chi connectivity index (χ3v) is 3.64. The van der Waals surface area contributed by atoms with Crippen LogP contribution in [0.5, 0.6) is 0 Å². The van der Waals surface area contributed by atoms with Gasteiger partial charge in [-0.25, -0.2) is 4.57 Å². The molecule has 170 valence electrons. The number of carboxylic acid groups (broad SMARTS) is 1. The van der Waals surface area contributed by atoms with Crippen molar-refractivity contribution in [2.75, 3.05) is 26.0 Å². The van der Waals surface area contributed by atoms with Gasteiger partial charge >= 0.3 is 21.4 Å². The van der Waals surface area contributed by atoms with Crippen LogP contribution < -0.4 is 24.6 Å². The fourth-order valence-electron chi connectivity index (χ4n) is 1.53. The summed E-state index contributed by atoms with van der Waals surface area (Å²) in [6, 6.07) is 0. The maximum atomic E-state index is 10.9. The van der Waals surface area contributed by atoms with Crippen molar-refractivity contribution >= 4 is 21.4 Å². The zero-order chi connectivity index (χ0) is 18.4. The molecule has 0 aliphatic carbocycles. The first-order chi connectivity index (χ1) is 10.2. The summed E-state index contributed by atoms with van der Waals surface area (Å²) >= 11 is 0. The Morgan fingerprint density at radius 3 is 1.70 bits per heavy atom. The standard InChI is InChI=1S/C8H19NO12P2.4H3N/c10-5(8(14)6(11)3-21-23(18,19)20)1-9(2-7(12)13)4-22(15,16)17;;;;/h5-6,8,10-11,14H,1-4H2,(H,12,13)(H2,15,16,17)(H2,18,19,20);4*1H3/p+4/t5-,6-,8+;;;;/m0..../s1. The van der Waals surface area contributed by atoms with Crippen molar-refractivity contribution in [3.63, 3.8) is 0 Å². The first kappa shape index (κ1) is 37.2. The molecule has 27 heavy (non-hydrogen) atoms. The number of hydrogen-bond acceptors (Lipinski definition) is 8. The number of aliphatic hydroxyl groups is 3. The Kier molecular flexibility index (Phi) is 21.1. The van der Waals surface area contributed by atoms with Crippen molar-refractivity contribution in [2.45, 2.75) is 18.3 Å². The molecule has 0 saturated heterocycles. The molecule has 0 aromatic heterocycles. The van der Waals surface area contributed by atoms with Crippen molar-refractivity contribution in [2.24, 2.45) is 0 Å². The van der Waals surface area contributed by atoms with Gasteiger partial charge < -0.3 is 64.6 Å². The fourth-order valence-corrected chi connectivity index (χ4v) is 2.61. The summed E-state index contributed by atoms with van der Waals surface area (Å²) in [7, 11) is -9.55. The second-order valence-corrected chi connectivity index (χ2v) is 7.47. The average molecular weight is 455 g/mol. The van der Waals surface area contributed by atoms with Gasteiger partial charge in [-0.2, -0.15) is 0 Å². The molecule has 0 aliphatic rings. The van der Waals surface area contributed by atoms with E-state index in [4.69, 9.17) is 24.7 Å². The van der Waals surface area contributed by atoms with E-state index in [0.717, 1.165) is 0 Å². The summed E-state index contributed by atoms with van der Waals surface area (Å²) < 4.78 is 25.2. The van der Waals surface area contributed by atoms with Gasteiger partial charge in [0, 0.05) is 6.54 Å². The van der Waals surface area contributed by atoms with Gasteiger partial charge in [-0.05, 0) is 0 Å². The molecule has 19 heteroatoms. The van der Waals surface area contributed by atoms with Crippen LogP contribution in [0.15, 0.2) is 0 Å². The minimum atomic E-state index is -4.91. The lowest BCUT2D eigenvalue weighted by molar-refractivity contribution is -0.139. The normalized spacial score (nSPS) is 14.5. The predicted octanol–water partition coefficient (Wildman–Crippen LogP) is -1.79. The number of carboxylic acids is 1. The van der Waals surface area contributed by atoms with Crippen LogP contribution in [0.2, 0.25) is 0 Å². The van der Waals surface area contributed by atoms with Crippen LogP contribution in [-0.2, 0) is 18.4 Å². The van der Waals surface area contributed by atoms with E-state index in [1.807, 2.05) is 0 Å². The molecule has 0 heterocycles. The van der Waals surface area contributed by atoms with Crippen LogP contribution in [0.1, 0.15) is 0 Å². The smallest absolute Gasteiger partial charge is 0.469 e. The van der Waals surface area contributed by atoms with Crippen LogP contribution in [0.3, 0.4) is 0 Å². The lowest BCUT2D eigenvalue weighted by Crippen LogP contribution is -2.47. The molecule has 0 fully saturated rings. The van der Waals surface area contributed by atoms with Gasteiger partial charge in [0.2, 0.25) is 0 Å². The van der Waals surface area contributed by atoms with E-state index in [-0.39, 0.29) is 24.6 Å². The zero-order valence-electron chi connectivity index (χ0n) is 15.6. The average Bonchev–Trinajstić information content (AvgIpc) is 2.30. The Morgan fingerprint density at radius 1 is 0.926 bits per heavy atom. The number of phosphoric acid groups is 1. The van der Waals surface area contributed by atoms with Gasteiger partial charge in [0.25, 0.3) is 0 Å². The lowest BCUT2D eigenvalue weighted by atomic mass is 10.1. The van der Waals surface area contributed by atoms with E-state index >= 15 is 0 Å². The summed E-state index contributed by atoms with van der Waals surface area (Å²) in [5.41, 5.74) is 0. The highest BCUT2D eigenvalue weighted by molar-refractivity contribution is 7.51. The van der Waals surface area contributed by atoms with E-state index in [9.17, 15) is 29.2 Å². The molecule has 0 unspecified atom stereocenters. The largest absolute Gasteiger partial charge is 0.480 e. The highest BCUT2D eigenvalue weighted by Crippen LogP contribution is 2.36. The van der Waals surface area contributed by atoms with E-state index in [0.29, 0.717) is 4.90 Å². The molecule has 0 amide bonds. The van der Waals surface area contributed by atoms with Gasteiger partial charge in [-0.3, -0.25) is 18.8 Å². The Morgan fingerprint density at radius 2 is 1.37 bits per heavy atom. The summed E-state index contributed by atoms with van der Waals surface area (Å²) in [4.78, 5) is 45.7. The van der Waals surface area contributed by atoms with Crippen molar-refractivity contribution in [3.05, 3.63) is 0 Å². The Hall–Kier alpha value is -0.590. The molecule has 0 bridgehead atoms. The maximum Gasteiger partial charge on any atom is 0.469 e. The molecule has 17 nitrogen and oxygen atoms in total. The summed E-state index contributed by atoms with van der Waals surface area (Å²) in [6.45, 7) is -2.62. The van der Waals surface area contributed by atoms with Gasteiger partial charge in [0.05, 0.1) is 19.3 Å². The lowest BCUT2D eigenvalue weighted by Gasteiger charge is -2.28. The minimum absolute atomic E-state index is 0. The molecule has 0 aromatic rings. The van der Waals surface area contributed by atoms with E-state index < -0.39 is 65.7 Å². The van der Waals surface area contributed by atoms with Gasteiger partial charge in [0.15, 0.2) is 0 Å². The Bertz CT molecular complexity index is 486. The number of aliphatic carboxylic acids is 1. The first-order valence-corrected chi connectivity index (χ1v) is 9.27. The van der Waals surface area contributed by atoms with Crippen LogP contribution in [0.4, 0.5) is 0 Å². The van der Waals surface area contributed by atoms with Crippen LogP contribution in [0.25, 0.3) is 0 Å². The zero-order valence-corrected chi connectivity index (χ0v) is 17.4. The fraction of sp³-hybridized carbons (Fsp3) is 0.875. The summed E-state index contributed by atoms with van der Waals surface area (Å²) in [5.74, 6) is -1.45. The maximum absolute atomic E-state index is 10.9. The second-order valence-electron chi connectivity index (χ2n) is 4.62. The SMILES string of the molecule is O=C(O)CN(C[C@H](O)[C@@H](O)[C@@H](O)COP(=O)(O)O)CP(=O)(O)O.[NH4+].[NH4+].[NH4+].[NH4+]. The summed E-state index contributed by atoms with van der Waals surface area (Å²) in [5, 5.41) is 37.2. The molecule has 0 spiro atoms. The van der Waals surface area contributed by atoms with Crippen molar-refractivity contribution in [1.82, 2.24) is 29.5 Å². The number of carbonyl (C=O) groups is 1. The Balaban J connectivity index is -0.000000403. The number of aliphatic hydroxyl groups excluding tert-OH is 3. The molecular weight excluding hydrogens is 420 g/mol. The highest BCUT2D eigenvalue weighted by atomic mass is 31.2. The van der Waals surface area contributed by atoms with Gasteiger partial charge in [-0.15, -0.1) is 0 Å². The third-order valence-electron chi connectivity index (χ3n) is 2.39. The van der Waals surface area contributed by atoms with Gasteiger partial charge in [0.1, 0.15) is 18.5 Å². The van der Waals surface area contributed by atoms with Crippen LogP contribution >= 0.6 is 15.4 Å². The summed E-state index contributed by atoms with van der Waals surface area (Å²) in [6.07, 6.45) is -6.82. The first-order valence-electron chi connectivity index (χ1n) is 5.94. The number of quaternary nitrogens is 4. The van der Waals surface area contributed by atoms with Crippen LogP contribution in [0, 0.1) is 0 Å². The van der Waals surface area contributed by atoms with Gasteiger partial charge in [-0.1, -0.05) is 0 Å². The van der Waals surface area contributed by atoms with Crippen LogP contribution in [-0.4, -0.2) is 95.2 Å². The van der Waals surface area contributed by atoms with Crippen molar-refractivity contribution in [3.8, 4) is 0 Å². The molecule has 3 atom stereocenters. The molecule has 24 N–H and O–H groups in total. The molecule has 0 saturated carbocycles.